The van der Waals surface area contributed by atoms with E-state index in [1.165, 1.54) is 0 Å². The zero-order valence-corrected chi connectivity index (χ0v) is 6.72. The molecule has 0 fully saturated rings. The molecule has 0 heterocycles. The fraction of sp³-hybridized carbons (Fsp3) is 1.00. The Balaban J connectivity index is 0. The second-order valence-corrected chi connectivity index (χ2v) is 1.64. The first-order valence-corrected chi connectivity index (χ1v) is 1.81. The van der Waals surface area contributed by atoms with Crippen LogP contribution in [0.1, 0.15) is 6.92 Å². The standard InChI is InChI=1S/C2H6OP.Na/c1-2(3)4;/h2H,4H2,1H3;/q-1;+1. The fourth-order valence-electron chi connectivity index (χ4n) is 0. The van der Waals surface area contributed by atoms with Crippen LogP contribution < -0.4 is 34.7 Å². The van der Waals surface area contributed by atoms with E-state index < -0.39 is 5.85 Å². The van der Waals surface area contributed by atoms with Gasteiger partial charge in [-0.15, -0.1) is 5.85 Å². The Bertz CT molecular complexity index is 14.4. The van der Waals surface area contributed by atoms with Gasteiger partial charge in [-0.3, -0.25) is 0 Å². The largest absolute Gasteiger partial charge is 1.00 e. The summed E-state index contributed by atoms with van der Waals surface area (Å²) in [5.74, 6) is -0.500. The van der Waals surface area contributed by atoms with Crippen molar-refractivity contribution in [2.45, 2.75) is 12.8 Å². The van der Waals surface area contributed by atoms with Crippen molar-refractivity contribution in [1.82, 2.24) is 0 Å². The van der Waals surface area contributed by atoms with Gasteiger partial charge in [-0.05, 0) is 0 Å². The Morgan fingerprint density at radius 1 is 1.80 bits per heavy atom. The summed E-state index contributed by atoms with van der Waals surface area (Å²) in [6.45, 7) is 1.57. The molecular formula is C2H6NaOP. The predicted molar refractivity (Wildman–Crippen MR) is 19.2 cm³/mol. The zero-order chi connectivity index (χ0) is 3.58. The van der Waals surface area contributed by atoms with Crippen molar-refractivity contribution in [3.8, 4) is 0 Å². The molecule has 0 saturated carbocycles. The molecule has 1 nitrogen and oxygen atoms in total. The number of hydrogen-bond donors (Lipinski definition) is 0. The van der Waals surface area contributed by atoms with Gasteiger partial charge in [0.05, 0.1) is 0 Å². The van der Waals surface area contributed by atoms with Crippen LogP contribution >= 0.6 is 9.24 Å². The third-order valence-electron chi connectivity index (χ3n) is 0. The van der Waals surface area contributed by atoms with Crippen molar-refractivity contribution in [2.24, 2.45) is 0 Å². The van der Waals surface area contributed by atoms with Crippen LogP contribution in [-0.2, 0) is 0 Å². The molecule has 0 aromatic rings. The van der Waals surface area contributed by atoms with Gasteiger partial charge in [-0.25, -0.2) is 0 Å². The van der Waals surface area contributed by atoms with Crippen LogP contribution in [0.4, 0.5) is 0 Å². The Kier molecular flexibility index (Phi) is 10.4. The van der Waals surface area contributed by atoms with Gasteiger partial charge in [0.15, 0.2) is 0 Å². The van der Waals surface area contributed by atoms with Crippen molar-refractivity contribution < 1.29 is 34.7 Å². The van der Waals surface area contributed by atoms with Crippen molar-refractivity contribution in [3.63, 3.8) is 0 Å². The van der Waals surface area contributed by atoms with Crippen molar-refractivity contribution in [1.29, 1.82) is 0 Å². The summed E-state index contributed by atoms with van der Waals surface area (Å²) in [5, 5.41) is 9.49. The Morgan fingerprint density at radius 3 is 1.80 bits per heavy atom. The van der Waals surface area contributed by atoms with E-state index >= 15 is 0 Å². The van der Waals surface area contributed by atoms with Crippen LogP contribution in [0, 0.1) is 0 Å². The molecule has 2 unspecified atom stereocenters. The van der Waals surface area contributed by atoms with Crippen LogP contribution in [0.25, 0.3) is 0 Å². The molecule has 0 aliphatic carbocycles. The van der Waals surface area contributed by atoms with E-state index in [9.17, 15) is 5.11 Å². The first kappa shape index (κ1) is 9.63. The summed E-state index contributed by atoms with van der Waals surface area (Å²) in [4.78, 5) is 0. The molecule has 0 amide bonds. The molecule has 2 atom stereocenters. The smallest absolute Gasteiger partial charge is 0.849 e. The molecular weight excluding hydrogens is 94.0 g/mol. The minimum atomic E-state index is -0.500. The summed E-state index contributed by atoms with van der Waals surface area (Å²) in [6, 6.07) is 0. The molecule has 5 heavy (non-hydrogen) atoms. The van der Waals surface area contributed by atoms with E-state index in [0.29, 0.717) is 0 Å². The monoisotopic (exact) mass is 100 g/mol. The average molecular weight is 100 g/mol. The van der Waals surface area contributed by atoms with Crippen LogP contribution in [-0.4, -0.2) is 5.85 Å². The summed E-state index contributed by atoms with van der Waals surface area (Å²) >= 11 is 0. The van der Waals surface area contributed by atoms with Gasteiger partial charge in [0.2, 0.25) is 0 Å². The van der Waals surface area contributed by atoms with Gasteiger partial charge in [0.25, 0.3) is 0 Å². The summed E-state index contributed by atoms with van der Waals surface area (Å²) in [5.41, 5.74) is 0. The molecule has 0 bridgehead atoms. The summed E-state index contributed by atoms with van der Waals surface area (Å²) in [6.07, 6.45) is 0. The second-order valence-electron chi connectivity index (χ2n) is 0.705. The second kappa shape index (κ2) is 5.39. The fourth-order valence-corrected chi connectivity index (χ4v) is 0. The van der Waals surface area contributed by atoms with Gasteiger partial charge < -0.3 is 5.11 Å². The average Bonchev–Trinajstić information content (AvgIpc) is 0.811. The first-order chi connectivity index (χ1) is 1.73. The van der Waals surface area contributed by atoms with E-state index in [0.717, 1.165) is 0 Å². The molecule has 0 spiro atoms. The van der Waals surface area contributed by atoms with Crippen LogP contribution in [0.2, 0.25) is 0 Å². The molecule has 0 aliphatic heterocycles. The topological polar surface area (TPSA) is 23.1 Å². The zero-order valence-electron chi connectivity index (χ0n) is 3.56. The van der Waals surface area contributed by atoms with Crippen LogP contribution in [0.15, 0.2) is 0 Å². The molecule has 0 rings (SSSR count). The van der Waals surface area contributed by atoms with E-state index in [1.807, 2.05) is 0 Å². The first-order valence-electron chi connectivity index (χ1n) is 1.15. The van der Waals surface area contributed by atoms with Gasteiger partial charge >= 0.3 is 29.6 Å². The summed E-state index contributed by atoms with van der Waals surface area (Å²) in [7, 11) is 2.10. The molecule has 0 saturated heterocycles. The molecule has 0 aromatic heterocycles. The normalized spacial score (nSPS) is 12.6. The van der Waals surface area contributed by atoms with Gasteiger partial charge in [-0.2, -0.15) is 9.24 Å². The third-order valence-corrected chi connectivity index (χ3v) is 0. The van der Waals surface area contributed by atoms with Crippen LogP contribution in [0.5, 0.6) is 0 Å². The van der Waals surface area contributed by atoms with E-state index in [4.69, 9.17) is 0 Å². The molecule has 0 aliphatic rings. The SMILES string of the molecule is CC([O-])P.[Na+]. The Hall–Kier alpha value is 1.39. The minimum absolute atomic E-state index is 0. The predicted octanol–water partition coefficient (Wildman–Crippen LogP) is -3.43. The minimum Gasteiger partial charge on any atom is -0.849 e. The molecule has 0 radical (unpaired) electrons. The number of rotatable bonds is 0. The Labute approximate surface area is 56.6 Å². The molecule has 0 N–H and O–H groups in total. The number of hydrogen-bond acceptors (Lipinski definition) is 1. The Morgan fingerprint density at radius 2 is 1.80 bits per heavy atom. The van der Waals surface area contributed by atoms with Crippen LogP contribution in [0.3, 0.4) is 0 Å². The molecule has 0 aromatic carbocycles. The van der Waals surface area contributed by atoms with Gasteiger partial charge in [0, 0.05) is 0 Å². The van der Waals surface area contributed by atoms with E-state index in [-0.39, 0.29) is 29.6 Å². The van der Waals surface area contributed by atoms with E-state index in [2.05, 4.69) is 9.24 Å². The van der Waals surface area contributed by atoms with Crippen molar-refractivity contribution in [3.05, 3.63) is 0 Å². The summed E-state index contributed by atoms with van der Waals surface area (Å²) < 4.78 is 0. The van der Waals surface area contributed by atoms with Crippen molar-refractivity contribution >= 4 is 9.24 Å². The maximum absolute atomic E-state index is 9.49. The molecule has 3 heteroatoms. The maximum atomic E-state index is 9.49. The van der Waals surface area contributed by atoms with Gasteiger partial charge in [0.1, 0.15) is 0 Å². The molecule has 26 valence electrons. The quantitative estimate of drug-likeness (QED) is 0.229. The maximum Gasteiger partial charge on any atom is 1.00 e. The van der Waals surface area contributed by atoms with Gasteiger partial charge in [-0.1, -0.05) is 6.92 Å². The van der Waals surface area contributed by atoms with Crippen molar-refractivity contribution in [2.75, 3.05) is 0 Å². The van der Waals surface area contributed by atoms with E-state index in [1.54, 1.807) is 6.92 Å². The third kappa shape index (κ3) is 32.1.